The molecule has 0 aliphatic carbocycles. The fraction of sp³-hybridized carbons (Fsp3) is 0.375. The zero-order valence-electron chi connectivity index (χ0n) is 14.2. The number of hydrogen-bond donors (Lipinski definition) is 1. The van der Waals surface area contributed by atoms with Crippen molar-refractivity contribution in [3.63, 3.8) is 0 Å². The van der Waals surface area contributed by atoms with Crippen LogP contribution in [0.4, 0.5) is 0 Å². The molecule has 0 unspecified atom stereocenters. The minimum Gasteiger partial charge on any atom is -0.493 e. The van der Waals surface area contributed by atoms with E-state index in [1.165, 1.54) is 39.4 Å². The first kappa shape index (κ1) is 19.9. The first-order valence-electron chi connectivity index (χ1n) is 7.27. The Morgan fingerprint density at radius 1 is 1.20 bits per heavy atom. The molecule has 25 heavy (non-hydrogen) atoms. The number of likely N-dealkylation sites (N-methyl/N-ethyl adjacent to an activating group) is 2. The van der Waals surface area contributed by atoms with E-state index in [4.69, 9.17) is 14.2 Å². The Kier molecular flexibility index (Phi) is 7.91. The lowest BCUT2D eigenvalue weighted by molar-refractivity contribution is -0.153. The molecule has 9 heteroatoms. The maximum absolute atomic E-state index is 11.7. The second-order valence-corrected chi connectivity index (χ2v) is 4.90. The number of methoxy groups -OCH3 is 1. The van der Waals surface area contributed by atoms with Crippen molar-refractivity contribution in [1.29, 1.82) is 0 Å². The van der Waals surface area contributed by atoms with Gasteiger partial charge in [-0.05, 0) is 18.2 Å². The SMILES string of the molecule is CNC(=O)CN(C)C(=O)COC(=O)COc1ccc(C=O)cc1OC. The van der Waals surface area contributed by atoms with Gasteiger partial charge in [0.15, 0.2) is 24.7 Å². The standard InChI is InChI=1S/C16H20N2O7/c1-17-14(20)7-18(2)15(21)9-25-16(22)10-24-12-5-4-11(8-19)6-13(12)23-3/h4-6,8H,7,9-10H2,1-3H3,(H,17,20). The summed E-state index contributed by atoms with van der Waals surface area (Å²) < 4.78 is 15.1. The zero-order valence-corrected chi connectivity index (χ0v) is 14.2. The molecular weight excluding hydrogens is 332 g/mol. The van der Waals surface area contributed by atoms with E-state index in [1.807, 2.05) is 0 Å². The van der Waals surface area contributed by atoms with Gasteiger partial charge in [-0.25, -0.2) is 4.79 Å². The normalized spacial score (nSPS) is 9.72. The molecular formula is C16H20N2O7. The number of ether oxygens (including phenoxy) is 3. The predicted octanol–water partition coefficient (Wildman–Crippen LogP) is -0.366. The number of amides is 2. The Balaban J connectivity index is 2.46. The predicted molar refractivity (Wildman–Crippen MR) is 86.5 cm³/mol. The molecule has 0 spiro atoms. The second kappa shape index (κ2) is 9.91. The Morgan fingerprint density at radius 3 is 2.52 bits per heavy atom. The third-order valence-electron chi connectivity index (χ3n) is 3.11. The number of nitrogens with zero attached hydrogens (tertiary/aromatic N) is 1. The third kappa shape index (κ3) is 6.50. The summed E-state index contributed by atoms with van der Waals surface area (Å²) in [6, 6.07) is 4.45. The molecule has 136 valence electrons. The fourth-order valence-corrected chi connectivity index (χ4v) is 1.69. The number of rotatable bonds is 9. The molecule has 1 rings (SSSR count). The first-order valence-corrected chi connectivity index (χ1v) is 7.27. The Hall–Kier alpha value is -3.10. The van der Waals surface area contributed by atoms with Crippen LogP contribution in [0.3, 0.4) is 0 Å². The molecule has 0 heterocycles. The second-order valence-electron chi connectivity index (χ2n) is 4.90. The van der Waals surface area contributed by atoms with Crippen LogP contribution in [0.15, 0.2) is 18.2 Å². The van der Waals surface area contributed by atoms with E-state index >= 15 is 0 Å². The molecule has 0 bridgehead atoms. The van der Waals surface area contributed by atoms with Gasteiger partial charge in [0.2, 0.25) is 5.91 Å². The van der Waals surface area contributed by atoms with Crippen LogP contribution in [0.25, 0.3) is 0 Å². The average Bonchev–Trinajstić information content (AvgIpc) is 2.63. The van der Waals surface area contributed by atoms with Crippen LogP contribution in [0.5, 0.6) is 11.5 Å². The number of esters is 1. The Morgan fingerprint density at radius 2 is 1.92 bits per heavy atom. The maximum Gasteiger partial charge on any atom is 0.344 e. The number of benzene rings is 1. The lowest BCUT2D eigenvalue weighted by atomic mass is 10.2. The highest BCUT2D eigenvalue weighted by atomic mass is 16.6. The van der Waals surface area contributed by atoms with E-state index < -0.39 is 25.1 Å². The van der Waals surface area contributed by atoms with Crippen molar-refractivity contribution < 1.29 is 33.4 Å². The Bertz CT molecular complexity index is 645. The van der Waals surface area contributed by atoms with Crippen molar-refractivity contribution in [2.45, 2.75) is 0 Å². The van der Waals surface area contributed by atoms with Gasteiger partial charge in [0.05, 0.1) is 13.7 Å². The van der Waals surface area contributed by atoms with E-state index in [0.29, 0.717) is 17.6 Å². The summed E-state index contributed by atoms with van der Waals surface area (Å²) >= 11 is 0. The van der Waals surface area contributed by atoms with Gasteiger partial charge in [-0.1, -0.05) is 0 Å². The van der Waals surface area contributed by atoms with Crippen molar-refractivity contribution >= 4 is 24.1 Å². The monoisotopic (exact) mass is 352 g/mol. The molecule has 2 amide bonds. The minimum atomic E-state index is -0.761. The number of aldehydes is 1. The van der Waals surface area contributed by atoms with Gasteiger partial charge in [-0.3, -0.25) is 14.4 Å². The van der Waals surface area contributed by atoms with Crippen molar-refractivity contribution in [3.8, 4) is 11.5 Å². The summed E-state index contributed by atoms with van der Waals surface area (Å²) in [5, 5.41) is 2.38. The van der Waals surface area contributed by atoms with Crippen LogP contribution in [-0.2, 0) is 19.1 Å². The topological polar surface area (TPSA) is 111 Å². The van der Waals surface area contributed by atoms with E-state index in [1.54, 1.807) is 0 Å². The quantitative estimate of drug-likeness (QED) is 0.477. The smallest absolute Gasteiger partial charge is 0.344 e. The summed E-state index contributed by atoms with van der Waals surface area (Å²) in [7, 11) is 4.27. The van der Waals surface area contributed by atoms with Gasteiger partial charge >= 0.3 is 5.97 Å². The lowest BCUT2D eigenvalue weighted by Crippen LogP contribution is -2.39. The van der Waals surface area contributed by atoms with Gasteiger partial charge in [0, 0.05) is 19.7 Å². The largest absolute Gasteiger partial charge is 0.493 e. The van der Waals surface area contributed by atoms with Crippen LogP contribution in [0, 0.1) is 0 Å². The van der Waals surface area contributed by atoms with E-state index in [9.17, 15) is 19.2 Å². The molecule has 0 radical (unpaired) electrons. The Labute approximate surface area is 144 Å². The minimum absolute atomic E-state index is 0.135. The van der Waals surface area contributed by atoms with Crippen LogP contribution in [-0.4, -0.2) is 69.9 Å². The van der Waals surface area contributed by atoms with Gasteiger partial charge in [0.1, 0.15) is 6.29 Å². The van der Waals surface area contributed by atoms with Crippen LogP contribution >= 0.6 is 0 Å². The van der Waals surface area contributed by atoms with Gasteiger partial charge in [-0.2, -0.15) is 0 Å². The molecule has 0 aliphatic rings. The highest BCUT2D eigenvalue weighted by Crippen LogP contribution is 2.27. The maximum atomic E-state index is 11.7. The molecule has 0 atom stereocenters. The fourth-order valence-electron chi connectivity index (χ4n) is 1.69. The summed E-state index contributed by atoms with van der Waals surface area (Å²) in [5.41, 5.74) is 0.400. The van der Waals surface area contributed by atoms with Crippen LogP contribution < -0.4 is 14.8 Å². The molecule has 1 aromatic rings. The molecule has 0 saturated carbocycles. The van der Waals surface area contributed by atoms with Crippen LogP contribution in [0.2, 0.25) is 0 Å². The number of hydrogen-bond acceptors (Lipinski definition) is 7. The molecule has 1 aromatic carbocycles. The number of carbonyl (C=O) groups excluding carboxylic acids is 4. The van der Waals surface area contributed by atoms with Crippen molar-refractivity contribution in [2.24, 2.45) is 0 Å². The lowest BCUT2D eigenvalue weighted by Gasteiger charge is -2.16. The van der Waals surface area contributed by atoms with Crippen molar-refractivity contribution in [1.82, 2.24) is 10.2 Å². The number of carbonyl (C=O) groups is 4. The average molecular weight is 352 g/mol. The molecule has 0 saturated heterocycles. The van der Waals surface area contributed by atoms with Crippen molar-refractivity contribution in [3.05, 3.63) is 23.8 Å². The molecule has 0 fully saturated rings. The molecule has 9 nitrogen and oxygen atoms in total. The summed E-state index contributed by atoms with van der Waals surface area (Å²) in [5.74, 6) is -1.07. The molecule has 0 aromatic heterocycles. The first-order chi connectivity index (χ1) is 11.9. The van der Waals surface area contributed by atoms with E-state index in [-0.39, 0.29) is 18.2 Å². The third-order valence-corrected chi connectivity index (χ3v) is 3.11. The summed E-state index contributed by atoms with van der Waals surface area (Å²) in [4.78, 5) is 46.4. The van der Waals surface area contributed by atoms with Gasteiger partial charge < -0.3 is 24.4 Å². The zero-order chi connectivity index (χ0) is 18.8. The van der Waals surface area contributed by atoms with Gasteiger partial charge in [0.25, 0.3) is 5.91 Å². The van der Waals surface area contributed by atoms with Gasteiger partial charge in [-0.15, -0.1) is 0 Å². The highest BCUT2D eigenvalue weighted by Gasteiger charge is 2.15. The summed E-state index contributed by atoms with van der Waals surface area (Å²) in [6.07, 6.45) is 0.654. The van der Waals surface area contributed by atoms with E-state index in [0.717, 1.165) is 4.90 Å². The van der Waals surface area contributed by atoms with Crippen molar-refractivity contribution in [2.75, 3.05) is 41.0 Å². The summed E-state index contributed by atoms with van der Waals surface area (Å²) in [6.45, 7) is -1.08. The molecule has 0 aliphatic heterocycles. The highest BCUT2D eigenvalue weighted by molar-refractivity contribution is 5.86. The van der Waals surface area contributed by atoms with Crippen LogP contribution in [0.1, 0.15) is 10.4 Å². The van der Waals surface area contributed by atoms with E-state index in [2.05, 4.69) is 5.32 Å². The molecule has 1 N–H and O–H groups in total. The number of nitrogens with one attached hydrogen (secondary N) is 1.